The summed E-state index contributed by atoms with van der Waals surface area (Å²) in [5.74, 6) is 0. The van der Waals surface area contributed by atoms with Gasteiger partial charge in [0.05, 0.1) is 0 Å². The van der Waals surface area contributed by atoms with Crippen LogP contribution in [0.15, 0.2) is 6.33 Å². The largest absolute Gasteiger partial charge is 0.346 e. The molecule has 1 aromatic rings. The number of halogens is 1. The molecule has 1 aromatic heterocycles. The molecule has 0 spiro atoms. The Kier molecular flexibility index (Phi) is 2.60. The van der Waals surface area contributed by atoms with Gasteiger partial charge in [-0.2, -0.15) is 4.37 Å². The van der Waals surface area contributed by atoms with Crippen molar-refractivity contribution in [2.24, 2.45) is 0 Å². The molecule has 1 aliphatic rings. The maximum Gasteiger partial charge on any atom is 0.204 e. The summed E-state index contributed by atoms with van der Waals surface area (Å²) in [4.78, 5) is 7.10. The van der Waals surface area contributed by atoms with E-state index in [1.54, 1.807) is 6.33 Å². The van der Waals surface area contributed by atoms with Crippen molar-refractivity contribution in [3.63, 3.8) is 0 Å². The molecular weight excluding hydrogens is 238 g/mol. The normalized spacial score (nSPS) is 24.4. The van der Waals surface area contributed by atoms with E-state index in [9.17, 15) is 0 Å². The number of hydrogen-bond acceptors (Lipinski definition) is 4. The highest BCUT2D eigenvalue weighted by atomic mass is 79.9. The van der Waals surface area contributed by atoms with E-state index in [0.29, 0.717) is 4.83 Å². The molecule has 0 aliphatic carbocycles. The van der Waals surface area contributed by atoms with Crippen LogP contribution in [0.4, 0.5) is 5.13 Å². The highest BCUT2D eigenvalue weighted by Gasteiger charge is 2.19. The quantitative estimate of drug-likeness (QED) is 0.711. The molecule has 1 atom stereocenters. The molecule has 5 heteroatoms. The second-order valence-electron chi connectivity index (χ2n) is 2.91. The van der Waals surface area contributed by atoms with Crippen molar-refractivity contribution in [1.29, 1.82) is 0 Å². The Hall–Kier alpha value is -0.160. The van der Waals surface area contributed by atoms with Gasteiger partial charge in [-0.25, -0.2) is 4.98 Å². The first-order valence-corrected chi connectivity index (χ1v) is 5.71. The molecule has 2 rings (SSSR count). The highest BCUT2D eigenvalue weighted by molar-refractivity contribution is 9.09. The zero-order valence-corrected chi connectivity index (χ0v) is 9.01. The highest BCUT2D eigenvalue weighted by Crippen LogP contribution is 2.23. The first-order chi connectivity index (χ1) is 5.86. The summed E-state index contributed by atoms with van der Waals surface area (Å²) in [6.07, 6.45) is 4.14. The molecule has 1 unspecified atom stereocenters. The number of piperidine rings is 1. The molecule has 0 amide bonds. The lowest BCUT2D eigenvalue weighted by molar-refractivity contribution is 0.595. The van der Waals surface area contributed by atoms with E-state index in [1.165, 1.54) is 24.4 Å². The van der Waals surface area contributed by atoms with Crippen LogP contribution in [-0.4, -0.2) is 27.3 Å². The SMILES string of the molecule is BrC1CCCN(c2ncns2)C1. The summed E-state index contributed by atoms with van der Waals surface area (Å²) in [7, 11) is 0. The average molecular weight is 248 g/mol. The summed E-state index contributed by atoms with van der Waals surface area (Å²) in [6, 6.07) is 0. The van der Waals surface area contributed by atoms with Crippen molar-refractivity contribution >= 4 is 32.6 Å². The van der Waals surface area contributed by atoms with Crippen LogP contribution in [0.5, 0.6) is 0 Å². The minimum atomic E-state index is 0.621. The van der Waals surface area contributed by atoms with Crippen molar-refractivity contribution in [1.82, 2.24) is 9.36 Å². The minimum Gasteiger partial charge on any atom is -0.346 e. The molecule has 3 nitrogen and oxygen atoms in total. The number of hydrogen-bond donors (Lipinski definition) is 0. The monoisotopic (exact) mass is 247 g/mol. The fourth-order valence-corrected chi connectivity index (χ4v) is 2.64. The lowest BCUT2D eigenvalue weighted by Crippen LogP contribution is -2.35. The predicted octanol–water partition coefficient (Wildman–Crippen LogP) is 1.90. The van der Waals surface area contributed by atoms with Crippen LogP contribution in [0, 0.1) is 0 Å². The van der Waals surface area contributed by atoms with Gasteiger partial charge in [-0.1, -0.05) is 15.9 Å². The Bertz CT molecular complexity index is 239. The molecule has 66 valence electrons. The third kappa shape index (κ3) is 1.77. The van der Waals surface area contributed by atoms with Gasteiger partial charge in [0.2, 0.25) is 5.13 Å². The Morgan fingerprint density at radius 2 is 2.58 bits per heavy atom. The number of anilines is 1. The molecule has 2 heterocycles. The van der Waals surface area contributed by atoms with Crippen molar-refractivity contribution in [3.8, 4) is 0 Å². The molecule has 1 aliphatic heterocycles. The maximum atomic E-state index is 4.19. The summed E-state index contributed by atoms with van der Waals surface area (Å²) >= 11 is 5.10. The molecule has 1 fully saturated rings. The van der Waals surface area contributed by atoms with Crippen LogP contribution in [0.2, 0.25) is 0 Å². The predicted molar refractivity (Wildman–Crippen MR) is 54.1 cm³/mol. The van der Waals surface area contributed by atoms with Gasteiger partial charge < -0.3 is 4.90 Å². The van der Waals surface area contributed by atoms with Crippen LogP contribution in [0.25, 0.3) is 0 Å². The van der Waals surface area contributed by atoms with E-state index < -0.39 is 0 Å². The molecule has 0 bridgehead atoms. The lowest BCUT2D eigenvalue weighted by atomic mass is 10.1. The van der Waals surface area contributed by atoms with Crippen molar-refractivity contribution in [3.05, 3.63) is 6.33 Å². The molecule has 12 heavy (non-hydrogen) atoms. The van der Waals surface area contributed by atoms with Crippen LogP contribution in [0.1, 0.15) is 12.8 Å². The second kappa shape index (κ2) is 3.70. The third-order valence-electron chi connectivity index (χ3n) is 1.98. The molecule has 1 saturated heterocycles. The standard InChI is InChI=1S/C7H10BrN3S/c8-6-2-1-3-11(4-6)7-9-5-10-12-7/h5-6H,1-4H2. The van der Waals surface area contributed by atoms with E-state index in [4.69, 9.17) is 0 Å². The number of rotatable bonds is 1. The van der Waals surface area contributed by atoms with Crippen LogP contribution >= 0.6 is 27.5 Å². The van der Waals surface area contributed by atoms with E-state index in [2.05, 4.69) is 30.2 Å². The maximum absolute atomic E-state index is 4.19. The molecule has 0 radical (unpaired) electrons. The van der Waals surface area contributed by atoms with Gasteiger partial charge >= 0.3 is 0 Å². The smallest absolute Gasteiger partial charge is 0.204 e. The Morgan fingerprint density at radius 1 is 1.67 bits per heavy atom. The first kappa shape index (κ1) is 8.44. The van der Waals surface area contributed by atoms with Crippen molar-refractivity contribution < 1.29 is 0 Å². The van der Waals surface area contributed by atoms with E-state index in [0.717, 1.165) is 18.2 Å². The summed E-state index contributed by atoms with van der Waals surface area (Å²) < 4.78 is 4.00. The minimum absolute atomic E-state index is 0.621. The fourth-order valence-electron chi connectivity index (χ4n) is 1.41. The van der Waals surface area contributed by atoms with Crippen LogP contribution in [-0.2, 0) is 0 Å². The Labute approximate surface area is 84.1 Å². The zero-order chi connectivity index (χ0) is 8.39. The van der Waals surface area contributed by atoms with Gasteiger partial charge in [-0.3, -0.25) is 0 Å². The number of aromatic nitrogens is 2. The zero-order valence-electron chi connectivity index (χ0n) is 6.61. The van der Waals surface area contributed by atoms with E-state index in [1.807, 2.05) is 0 Å². The summed E-state index contributed by atoms with van der Waals surface area (Å²) in [6.45, 7) is 2.19. The van der Waals surface area contributed by atoms with E-state index >= 15 is 0 Å². The molecular formula is C7H10BrN3S. The number of nitrogens with zero attached hydrogens (tertiary/aromatic N) is 3. The fraction of sp³-hybridized carbons (Fsp3) is 0.714. The van der Waals surface area contributed by atoms with Crippen LogP contribution in [0.3, 0.4) is 0 Å². The molecule has 0 aromatic carbocycles. The van der Waals surface area contributed by atoms with Gasteiger partial charge in [0.25, 0.3) is 0 Å². The van der Waals surface area contributed by atoms with Gasteiger partial charge in [-0.05, 0) is 12.8 Å². The van der Waals surface area contributed by atoms with Gasteiger partial charge in [0.15, 0.2) is 0 Å². The van der Waals surface area contributed by atoms with Gasteiger partial charge in [0.1, 0.15) is 6.33 Å². The second-order valence-corrected chi connectivity index (χ2v) is 4.96. The van der Waals surface area contributed by atoms with E-state index in [-0.39, 0.29) is 0 Å². The summed E-state index contributed by atoms with van der Waals surface area (Å²) in [5, 5.41) is 1.05. The van der Waals surface area contributed by atoms with Crippen LogP contribution < -0.4 is 4.90 Å². The molecule has 0 saturated carbocycles. The third-order valence-corrected chi connectivity index (χ3v) is 3.46. The Morgan fingerprint density at radius 3 is 3.25 bits per heavy atom. The molecule has 0 N–H and O–H groups in total. The number of alkyl halides is 1. The van der Waals surface area contributed by atoms with Gasteiger partial charge in [-0.15, -0.1) is 0 Å². The topological polar surface area (TPSA) is 29.0 Å². The Balaban J connectivity index is 2.04. The lowest BCUT2D eigenvalue weighted by Gasteiger charge is -2.29. The summed E-state index contributed by atoms with van der Waals surface area (Å²) in [5.41, 5.74) is 0. The average Bonchev–Trinajstić information content (AvgIpc) is 2.56. The van der Waals surface area contributed by atoms with Gasteiger partial charge in [0, 0.05) is 29.4 Å². The first-order valence-electron chi connectivity index (χ1n) is 4.02. The van der Waals surface area contributed by atoms with Crippen molar-refractivity contribution in [2.75, 3.05) is 18.0 Å². The van der Waals surface area contributed by atoms with Crippen molar-refractivity contribution in [2.45, 2.75) is 17.7 Å².